The number of carbonyl (C=O) groups excluding carboxylic acids is 1. The van der Waals surface area contributed by atoms with Crippen LogP contribution in [0.1, 0.15) is 5.56 Å². The molecular formula is C20H25N3O2S. The average Bonchev–Trinajstić information content (AvgIpc) is 2.70. The number of carbonyl (C=O) groups is 1. The van der Waals surface area contributed by atoms with Gasteiger partial charge in [0.25, 0.3) is 0 Å². The molecule has 1 saturated heterocycles. The summed E-state index contributed by atoms with van der Waals surface area (Å²) in [6.45, 7) is 4.54. The van der Waals surface area contributed by atoms with E-state index in [9.17, 15) is 9.00 Å². The molecule has 0 bridgehead atoms. The number of hydrogen-bond donors (Lipinski definition) is 1. The minimum atomic E-state index is -1.07. The van der Waals surface area contributed by atoms with Gasteiger partial charge in [0.05, 0.1) is 10.8 Å². The highest BCUT2D eigenvalue weighted by Crippen LogP contribution is 2.09. The van der Waals surface area contributed by atoms with Crippen molar-refractivity contribution in [2.75, 3.05) is 38.5 Å². The molecule has 1 heterocycles. The lowest BCUT2D eigenvalue weighted by molar-refractivity contribution is 0.135. The fourth-order valence-corrected chi connectivity index (χ4v) is 3.99. The Morgan fingerprint density at radius 3 is 2.19 bits per heavy atom. The summed E-state index contributed by atoms with van der Waals surface area (Å²) >= 11 is 0. The van der Waals surface area contributed by atoms with Crippen LogP contribution in [-0.4, -0.2) is 58.5 Å². The number of nitrogens with zero attached hydrogens (tertiary/aromatic N) is 2. The van der Waals surface area contributed by atoms with Gasteiger partial charge in [0.15, 0.2) is 0 Å². The van der Waals surface area contributed by atoms with E-state index in [0.29, 0.717) is 12.3 Å². The number of amides is 2. The molecule has 1 aliphatic heterocycles. The average molecular weight is 372 g/mol. The molecule has 1 aliphatic rings. The zero-order valence-electron chi connectivity index (χ0n) is 14.8. The summed E-state index contributed by atoms with van der Waals surface area (Å²) in [6, 6.07) is 19.7. The Hall–Kier alpha value is -2.18. The SMILES string of the molecule is O=C(NCCS(=O)c1ccccc1)N1CCN(Cc2ccccc2)CC1. The highest BCUT2D eigenvalue weighted by Gasteiger charge is 2.20. The zero-order chi connectivity index (χ0) is 18.2. The Morgan fingerprint density at radius 2 is 1.54 bits per heavy atom. The van der Waals surface area contributed by atoms with E-state index in [2.05, 4.69) is 34.5 Å². The van der Waals surface area contributed by atoms with Crippen LogP contribution in [0.3, 0.4) is 0 Å². The van der Waals surface area contributed by atoms with E-state index in [-0.39, 0.29) is 6.03 Å². The third-order valence-corrected chi connectivity index (χ3v) is 5.85. The maximum atomic E-state index is 12.3. The van der Waals surface area contributed by atoms with E-state index >= 15 is 0 Å². The van der Waals surface area contributed by atoms with E-state index in [1.807, 2.05) is 41.3 Å². The van der Waals surface area contributed by atoms with Gasteiger partial charge in [-0.2, -0.15) is 0 Å². The van der Waals surface area contributed by atoms with Gasteiger partial charge < -0.3 is 10.2 Å². The van der Waals surface area contributed by atoms with Gasteiger partial charge >= 0.3 is 6.03 Å². The van der Waals surface area contributed by atoms with E-state index in [1.165, 1.54) is 5.56 Å². The van der Waals surface area contributed by atoms with Crippen molar-refractivity contribution in [1.82, 2.24) is 15.1 Å². The van der Waals surface area contributed by atoms with Crippen molar-refractivity contribution >= 4 is 16.8 Å². The molecule has 2 aromatic carbocycles. The summed E-state index contributed by atoms with van der Waals surface area (Å²) in [4.78, 5) is 17.3. The standard InChI is InChI=1S/C20H25N3O2S/c24-20(21-11-16-26(25)19-9-5-2-6-10-19)23-14-12-22(13-15-23)17-18-7-3-1-4-8-18/h1-10H,11-17H2,(H,21,24). The van der Waals surface area contributed by atoms with Crippen LogP contribution in [0.2, 0.25) is 0 Å². The second-order valence-corrected chi connectivity index (χ2v) is 7.91. The van der Waals surface area contributed by atoms with Gasteiger partial charge in [0.1, 0.15) is 0 Å². The Labute approximate surface area is 157 Å². The second kappa shape index (κ2) is 9.50. The van der Waals surface area contributed by atoms with Gasteiger partial charge in [-0.3, -0.25) is 9.11 Å². The highest BCUT2D eigenvalue weighted by molar-refractivity contribution is 7.85. The van der Waals surface area contributed by atoms with E-state index in [0.717, 1.165) is 37.6 Å². The van der Waals surface area contributed by atoms with Crippen molar-refractivity contribution in [1.29, 1.82) is 0 Å². The largest absolute Gasteiger partial charge is 0.337 e. The molecule has 1 fully saturated rings. The summed E-state index contributed by atoms with van der Waals surface area (Å²) in [5.74, 6) is 0.434. The molecule has 138 valence electrons. The monoisotopic (exact) mass is 371 g/mol. The summed E-state index contributed by atoms with van der Waals surface area (Å²) in [5, 5.41) is 2.89. The van der Waals surface area contributed by atoms with Crippen molar-refractivity contribution < 1.29 is 9.00 Å². The summed E-state index contributed by atoms with van der Waals surface area (Å²) in [6.07, 6.45) is 0. The summed E-state index contributed by atoms with van der Waals surface area (Å²) < 4.78 is 12.2. The molecule has 1 atom stereocenters. The van der Waals surface area contributed by atoms with Gasteiger partial charge in [0, 0.05) is 49.9 Å². The van der Waals surface area contributed by atoms with Crippen LogP contribution in [0.5, 0.6) is 0 Å². The Bertz CT molecular complexity index is 716. The van der Waals surface area contributed by atoms with E-state index in [1.54, 1.807) is 0 Å². The second-order valence-electron chi connectivity index (χ2n) is 6.34. The van der Waals surface area contributed by atoms with Crippen LogP contribution < -0.4 is 5.32 Å². The lowest BCUT2D eigenvalue weighted by Crippen LogP contribution is -2.51. The number of urea groups is 1. The normalized spacial score (nSPS) is 16.2. The van der Waals surface area contributed by atoms with Gasteiger partial charge in [0.2, 0.25) is 0 Å². The first kappa shape index (κ1) is 18.6. The molecular weight excluding hydrogens is 346 g/mol. The third-order valence-electron chi connectivity index (χ3n) is 4.48. The first-order chi connectivity index (χ1) is 12.7. The molecule has 5 nitrogen and oxygen atoms in total. The molecule has 26 heavy (non-hydrogen) atoms. The van der Waals surface area contributed by atoms with Crippen molar-refractivity contribution in [2.24, 2.45) is 0 Å². The number of benzene rings is 2. The van der Waals surface area contributed by atoms with Crippen LogP contribution in [-0.2, 0) is 17.3 Å². The van der Waals surface area contributed by atoms with Crippen LogP contribution in [0.15, 0.2) is 65.6 Å². The lowest BCUT2D eigenvalue weighted by atomic mass is 10.2. The smallest absolute Gasteiger partial charge is 0.317 e. The molecule has 1 unspecified atom stereocenters. The molecule has 2 amide bonds. The quantitative estimate of drug-likeness (QED) is 0.848. The molecule has 3 rings (SSSR count). The number of nitrogens with one attached hydrogen (secondary N) is 1. The Kier molecular flexibility index (Phi) is 6.80. The third kappa shape index (κ3) is 5.41. The zero-order valence-corrected chi connectivity index (χ0v) is 15.7. The number of rotatable bonds is 6. The van der Waals surface area contributed by atoms with Crippen molar-refractivity contribution in [2.45, 2.75) is 11.4 Å². The molecule has 0 aromatic heterocycles. The molecule has 0 radical (unpaired) electrons. The van der Waals surface area contributed by atoms with E-state index < -0.39 is 10.8 Å². The summed E-state index contributed by atoms with van der Waals surface area (Å²) in [5.41, 5.74) is 1.30. The van der Waals surface area contributed by atoms with Crippen LogP contribution in [0.4, 0.5) is 4.79 Å². The van der Waals surface area contributed by atoms with Gasteiger partial charge in [-0.15, -0.1) is 0 Å². The Balaban J connectivity index is 1.36. The number of piperazine rings is 1. The van der Waals surface area contributed by atoms with Crippen molar-refractivity contribution in [3.8, 4) is 0 Å². The van der Waals surface area contributed by atoms with E-state index in [4.69, 9.17) is 0 Å². The fraction of sp³-hybridized carbons (Fsp3) is 0.350. The van der Waals surface area contributed by atoms with Gasteiger partial charge in [-0.25, -0.2) is 4.79 Å². The van der Waals surface area contributed by atoms with Gasteiger partial charge in [-0.05, 0) is 17.7 Å². The highest BCUT2D eigenvalue weighted by atomic mass is 32.2. The first-order valence-corrected chi connectivity index (χ1v) is 10.3. The summed E-state index contributed by atoms with van der Waals surface area (Å²) in [7, 11) is -1.07. The maximum absolute atomic E-state index is 12.3. The fourth-order valence-electron chi connectivity index (χ4n) is 3.00. The molecule has 0 saturated carbocycles. The van der Waals surface area contributed by atoms with Crippen molar-refractivity contribution in [3.63, 3.8) is 0 Å². The Morgan fingerprint density at radius 1 is 0.923 bits per heavy atom. The molecule has 0 spiro atoms. The van der Waals surface area contributed by atoms with Crippen molar-refractivity contribution in [3.05, 3.63) is 66.2 Å². The molecule has 2 aromatic rings. The molecule has 0 aliphatic carbocycles. The minimum absolute atomic E-state index is 0.0607. The molecule has 1 N–H and O–H groups in total. The topological polar surface area (TPSA) is 52.7 Å². The van der Waals surface area contributed by atoms with Crippen LogP contribution >= 0.6 is 0 Å². The predicted molar refractivity (Wildman–Crippen MR) is 104 cm³/mol. The maximum Gasteiger partial charge on any atom is 0.317 e. The number of hydrogen-bond acceptors (Lipinski definition) is 3. The van der Waals surface area contributed by atoms with Crippen LogP contribution in [0.25, 0.3) is 0 Å². The first-order valence-electron chi connectivity index (χ1n) is 8.95. The predicted octanol–water partition coefficient (Wildman–Crippen LogP) is 2.32. The minimum Gasteiger partial charge on any atom is -0.337 e. The van der Waals surface area contributed by atoms with Gasteiger partial charge in [-0.1, -0.05) is 48.5 Å². The lowest BCUT2D eigenvalue weighted by Gasteiger charge is -2.34. The molecule has 6 heteroatoms. The van der Waals surface area contributed by atoms with Crippen LogP contribution in [0, 0.1) is 0 Å².